The molecule has 1 atom stereocenters. The van der Waals surface area contributed by atoms with E-state index in [1.54, 1.807) is 0 Å². The van der Waals surface area contributed by atoms with Crippen molar-refractivity contribution in [2.45, 2.75) is 26.8 Å². The molecule has 1 rings (SSSR count). The summed E-state index contributed by atoms with van der Waals surface area (Å²) in [6.45, 7) is 5.55. The standard InChI is InChI=1S/C11H15F2N.ClH/c1-11(2,3)10(14)9-7(12)5-4-6-8(9)13;/h4-6,10H,14H2,1-3H3;1H/t10-;/m0./s1. The number of nitrogens with two attached hydrogens (primary N) is 1. The first-order valence-electron chi connectivity index (χ1n) is 4.53. The van der Waals surface area contributed by atoms with E-state index in [4.69, 9.17) is 5.73 Å². The molecule has 4 heteroatoms. The highest BCUT2D eigenvalue weighted by molar-refractivity contribution is 5.85. The average molecular weight is 236 g/mol. The van der Waals surface area contributed by atoms with Crippen molar-refractivity contribution >= 4 is 12.4 Å². The molecule has 1 nitrogen and oxygen atoms in total. The number of hydrogen-bond acceptors (Lipinski definition) is 1. The molecule has 0 aliphatic rings. The highest BCUT2D eigenvalue weighted by atomic mass is 35.5. The zero-order chi connectivity index (χ0) is 10.9. The molecule has 1 aromatic rings. The van der Waals surface area contributed by atoms with E-state index in [9.17, 15) is 8.78 Å². The molecule has 2 N–H and O–H groups in total. The van der Waals surface area contributed by atoms with Crippen molar-refractivity contribution in [2.75, 3.05) is 0 Å². The summed E-state index contributed by atoms with van der Waals surface area (Å²) in [5.41, 5.74) is 5.41. The van der Waals surface area contributed by atoms with Crippen LogP contribution in [0.5, 0.6) is 0 Å². The van der Waals surface area contributed by atoms with Crippen molar-refractivity contribution in [2.24, 2.45) is 11.1 Å². The number of rotatable bonds is 1. The van der Waals surface area contributed by atoms with Gasteiger partial charge in [0.05, 0.1) is 0 Å². The Bertz CT molecular complexity index is 314. The molecule has 0 saturated heterocycles. The Morgan fingerprint density at radius 2 is 1.53 bits per heavy atom. The summed E-state index contributed by atoms with van der Waals surface area (Å²) in [4.78, 5) is 0. The van der Waals surface area contributed by atoms with Gasteiger partial charge in [0.1, 0.15) is 11.6 Å². The maximum absolute atomic E-state index is 13.3. The fourth-order valence-electron chi connectivity index (χ4n) is 1.24. The molecule has 0 aliphatic carbocycles. The van der Waals surface area contributed by atoms with Crippen LogP contribution in [0.4, 0.5) is 8.78 Å². The zero-order valence-corrected chi connectivity index (χ0v) is 9.87. The lowest BCUT2D eigenvalue weighted by molar-refractivity contribution is 0.310. The predicted molar refractivity (Wildman–Crippen MR) is 60.0 cm³/mol. The van der Waals surface area contributed by atoms with Crippen LogP contribution < -0.4 is 5.73 Å². The van der Waals surface area contributed by atoms with Gasteiger partial charge < -0.3 is 5.73 Å². The first kappa shape index (κ1) is 14.3. The van der Waals surface area contributed by atoms with E-state index in [1.807, 2.05) is 20.8 Å². The molecule has 15 heavy (non-hydrogen) atoms. The fraction of sp³-hybridized carbons (Fsp3) is 0.455. The van der Waals surface area contributed by atoms with E-state index in [1.165, 1.54) is 18.2 Å². The van der Waals surface area contributed by atoms with Crippen molar-refractivity contribution in [3.05, 3.63) is 35.4 Å². The summed E-state index contributed by atoms with van der Waals surface area (Å²) in [6.07, 6.45) is 0. The van der Waals surface area contributed by atoms with Gasteiger partial charge in [0, 0.05) is 11.6 Å². The Morgan fingerprint density at radius 1 is 1.13 bits per heavy atom. The number of benzene rings is 1. The maximum atomic E-state index is 13.3. The van der Waals surface area contributed by atoms with Crippen LogP contribution in [0.3, 0.4) is 0 Å². The molecule has 0 amide bonds. The summed E-state index contributed by atoms with van der Waals surface area (Å²) >= 11 is 0. The quantitative estimate of drug-likeness (QED) is 0.793. The Balaban J connectivity index is 0.00000196. The molecule has 86 valence electrons. The van der Waals surface area contributed by atoms with E-state index in [-0.39, 0.29) is 23.4 Å². The maximum Gasteiger partial charge on any atom is 0.130 e. The van der Waals surface area contributed by atoms with Gasteiger partial charge in [-0.25, -0.2) is 8.78 Å². The molecular weight excluding hydrogens is 220 g/mol. The van der Waals surface area contributed by atoms with Crippen molar-refractivity contribution in [1.29, 1.82) is 0 Å². The van der Waals surface area contributed by atoms with Gasteiger partial charge in [-0.3, -0.25) is 0 Å². The summed E-state index contributed by atoms with van der Waals surface area (Å²) in [7, 11) is 0. The van der Waals surface area contributed by atoms with E-state index in [2.05, 4.69) is 0 Å². The monoisotopic (exact) mass is 235 g/mol. The van der Waals surface area contributed by atoms with Gasteiger partial charge >= 0.3 is 0 Å². The van der Waals surface area contributed by atoms with E-state index >= 15 is 0 Å². The second kappa shape index (κ2) is 4.90. The summed E-state index contributed by atoms with van der Waals surface area (Å²) in [6, 6.07) is 3.15. The third-order valence-corrected chi connectivity index (χ3v) is 2.24. The van der Waals surface area contributed by atoms with Gasteiger partial charge in [-0.05, 0) is 17.5 Å². The molecule has 0 saturated carbocycles. The molecule has 0 unspecified atom stereocenters. The van der Waals surface area contributed by atoms with Gasteiger partial charge in [-0.2, -0.15) is 0 Å². The van der Waals surface area contributed by atoms with Crippen molar-refractivity contribution in [3.8, 4) is 0 Å². The lowest BCUT2D eigenvalue weighted by Crippen LogP contribution is -2.28. The Morgan fingerprint density at radius 3 is 1.87 bits per heavy atom. The molecule has 0 aliphatic heterocycles. The normalized spacial score (nSPS) is 13.2. The smallest absolute Gasteiger partial charge is 0.130 e. The SMILES string of the molecule is CC(C)(C)[C@@H](N)c1c(F)cccc1F.Cl. The first-order valence-corrected chi connectivity index (χ1v) is 4.53. The molecule has 0 radical (unpaired) electrons. The summed E-state index contributed by atoms with van der Waals surface area (Å²) in [5.74, 6) is -1.15. The molecule has 0 aromatic heterocycles. The Kier molecular flexibility index (Phi) is 4.68. The number of halogens is 3. The van der Waals surface area contributed by atoms with Gasteiger partial charge in [0.25, 0.3) is 0 Å². The van der Waals surface area contributed by atoms with Crippen molar-refractivity contribution in [1.82, 2.24) is 0 Å². The van der Waals surface area contributed by atoms with Crippen LogP contribution in [0, 0.1) is 17.0 Å². The topological polar surface area (TPSA) is 26.0 Å². The van der Waals surface area contributed by atoms with Crippen molar-refractivity contribution < 1.29 is 8.78 Å². The van der Waals surface area contributed by atoms with Gasteiger partial charge in [-0.1, -0.05) is 26.8 Å². The van der Waals surface area contributed by atoms with Crippen LogP contribution in [-0.2, 0) is 0 Å². The third-order valence-electron chi connectivity index (χ3n) is 2.24. The second-order valence-electron chi connectivity index (χ2n) is 4.48. The van der Waals surface area contributed by atoms with E-state index < -0.39 is 17.7 Å². The minimum atomic E-state index is -0.635. The predicted octanol–water partition coefficient (Wildman–Crippen LogP) is 3.43. The minimum absolute atomic E-state index is 0. The van der Waals surface area contributed by atoms with Crippen LogP contribution >= 0.6 is 12.4 Å². The fourth-order valence-corrected chi connectivity index (χ4v) is 1.24. The molecular formula is C11H16ClF2N. The number of hydrogen-bond donors (Lipinski definition) is 1. The highest BCUT2D eigenvalue weighted by Gasteiger charge is 2.27. The largest absolute Gasteiger partial charge is 0.323 e. The highest BCUT2D eigenvalue weighted by Crippen LogP contribution is 2.33. The average Bonchev–Trinajstić information content (AvgIpc) is 2.01. The van der Waals surface area contributed by atoms with E-state index in [0.29, 0.717) is 0 Å². The zero-order valence-electron chi connectivity index (χ0n) is 9.05. The summed E-state index contributed by atoms with van der Waals surface area (Å²) < 4.78 is 26.6. The molecule has 0 heterocycles. The van der Waals surface area contributed by atoms with Gasteiger partial charge in [-0.15, -0.1) is 12.4 Å². The molecule has 0 fully saturated rings. The lowest BCUT2D eigenvalue weighted by atomic mass is 9.82. The van der Waals surface area contributed by atoms with Crippen molar-refractivity contribution in [3.63, 3.8) is 0 Å². The molecule has 1 aromatic carbocycles. The third kappa shape index (κ3) is 3.14. The summed E-state index contributed by atoms with van der Waals surface area (Å²) in [5, 5.41) is 0. The first-order chi connectivity index (χ1) is 6.34. The second-order valence-corrected chi connectivity index (χ2v) is 4.48. The van der Waals surface area contributed by atoms with E-state index in [0.717, 1.165) is 0 Å². The van der Waals surface area contributed by atoms with Gasteiger partial charge in [0.15, 0.2) is 0 Å². The van der Waals surface area contributed by atoms with Crippen LogP contribution in [-0.4, -0.2) is 0 Å². The Hall–Kier alpha value is -0.670. The van der Waals surface area contributed by atoms with Crippen LogP contribution in [0.25, 0.3) is 0 Å². The molecule has 0 bridgehead atoms. The van der Waals surface area contributed by atoms with Crippen LogP contribution in [0.1, 0.15) is 32.4 Å². The van der Waals surface area contributed by atoms with Gasteiger partial charge in [0.2, 0.25) is 0 Å². The molecule has 0 spiro atoms. The minimum Gasteiger partial charge on any atom is -0.323 e. The Labute approximate surface area is 95.1 Å². The van der Waals surface area contributed by atoms with Crippen LogP contribution in [0.15, 0.2) is 18.2 Å². The lowest BCUT2D eigenvalue weighted by Gasteiger charge is -2.27. The van der Waals surface area contributed by atoms with Crippen LogP contribution in [0.2, 0.25) is 0 Å².